The number of benzene rings is 1. The zero-order valence-electron chi connectivity index (χ0n) is 11.2. The van der Waals surface area contributed by atoms with Crippen LogP contribution < -0.4 is 4.72 Å². The molecule has 0 amide bonds. The third-order valence-corrected chi connectivity index (χ3v) is 6.24. The number of ether oxygens (including phenoxy) is 1. The molecule has 1 saturated heterocycles. The van der Waals surface area contributed by atoms with Crippen molar-refractivity contribution < 1.29 is 27.4 Å². The van der Waals surface area contributed by atoms with Gasteiger partial charge in [-0.1, -0.05) is 0 Å². The van der Waals surface area contributed by atoms with E-state index in [9.17, 15) is 17.6 Å². The number of thiophene rings is 1. The number of hydrogen-bond acceptors (Lipinski definition) is 5. The number of sulfonamides is 1. The van der Waals surface area contributed by atoms with Crippen molar-refractivity contribution in [3.05, 3.63) is 28.9 Å². The Morgan fingerprint density at radius 1 is 1.41 bits per heavy atom. The molecule has 9 heteroatoms. The second kappa shape index (κ2) is 5.49. The Balaban J connectivity index is 1.96. The fraction of sp³-hybridized carbons (Fsp3) is 0.308. The Kier molecular flexibility index (Phi) is 3.79. The second-order valence-electron chi connectivity index (χ2n) is 4.92. The van der Waals surface area contributed by atoms with E-state index in [4.69, 9.17) is 9.84 Å². The summed E-state index contributed by atoms with van der Waals surface area (Å²) in [6.45, 7) is 0.445. The van der Waals surface area contributed by atoms with E-state index in [1.165, 1.54) is 12.1 Å². The van der Waals surface area contributed by atoms with Gasteiger partial charge in [0.05, 0.1) is 12.3 Å². The van der Waals surface area contributed by atoms with E-state index in [0.29, 0.717) is 23.1 Å². The van der Waals surface area contributed by atoms with Crippen LogP contribution in [0.15, 0.2) is 18.2 Å². The Morgan fingerprint density at radius 2 is 2.18 bits per heavy atom. The molecule has 118 valence electrons. The van der Waals surface area contributed by atoms with E-state index >= 15 is 0 Å². The molecule has 0 saturated carbocycles. The van der Waals surface area contributed by atoms with Crippen molar-refractivity contribution in [3.8, 4) is 0 Å². The lowest BCUT2D eigenvalue weighted by Gasteiger charge is -2.13. The van der Waals surface area contributed by atoms with Crippen molar-refractivity contribution in [2.24, 2.45) is 0 Å². The van der Waals surface area contributed by atoms with Crippen molar-refractivity contribution in [1.29, 1.82) is 0 Å². The monoisotopic (exact) mass is 345 g/mol. The molecular formula is C13H12FNO5S2. The van der Waals surface area contributed by atoms with Crippen molar-refractivity contribution in [1.82, 2.24) is 0 Å². The molecule has 0 radical (unpaired) electrons. The minimum absolute atomic E-state index is 0.0681. The van der Waals surface area contributed by atoms with Gasteiger partial charge in [-0.05, 0) is 30.0 Å². The Hall–Kier alpha value is -1.71. The van der Waals surface area contributed by atoms with Crippen LogP contribution in [0.3, 0.4) is 0 Å². The molecule has 1 aliphatic rings. The van der Waals surface area contributed by atoms with E-state index < -0.39 is 27.1 Å². The Bertz CT molecular complexity index is 839. The molecule has 1 aromatic carbocycles. The summed E-state index contributed by atoms with van der Waals surface area (Å²) in [4.78, 5) is 11.0. The quantitative estimate of drug-likeness (QED) is 0.887. The highest BCUT2D eigenvalue weighted by atomic mass is 32.2. The number of carbonyl (C=O) groups is 1. The predicted octanol–water partition coefficient (Wildman–Crippen LogP) is 2.27. The number of carboxylic acid groups (broad SMARTS) is 1. The first-order valence-corrected chi connectivity index (χ1v) is 8.79. The topological polar surface area (TPSA) is 92.7 Å². The maximum atomic E-state index is 14.0. The summed E-state index contributed by atoms with van der Waals surface area (Å²) in [6.07, 6.45) is 0.362. The number of carboxylic acids is 1. The zero-order valence-corrected chi connectivity index (χ0v) is 12.8. The van der Waals surface area contributed by atoms with Gasteiger partial charge in [-0.25, -0.2) is 17.6 Å². The second-order valence-corrected chi connectivity index (χ2v) is 7.96. The van der Waals surface area contributed by atoms with Gasteiger partial charge in [0.2, 0.25) is 10.0 Å². The summed E-state index contributed by atoms with van der Waals surface area (Å²) >= 11 is 0.935. The van der Waals surface area contributed by atoms with E-state index in [1.807, 2.05) is 0 Å². The molecular weight excluding hydrogens is 333 g/mol. The van der Waals surface area contributed by atoms with Gasteiger partial charge in [-0.15, -0.1) is 11.3 Å². The zero-order chi connectivity index (χ0) is 15.9. The van der Waals surface area contributed by atoms with Crippen molar-refractivity contribution in [2.75, 3.05) is 17.9 Å². The van der Waals surface area contributed by atoms with Crippen LogP contribution in [0.4, 0.5) is 10.1 Å². The first kappa shape index (κ1) is 15.2. The van der Waals surface area contributed by atoms with Crippen LogP contribution in [0.2, 0.25) is 0 Å². The Labute approximate surface area is 129 Å². The number of hydrogen-bond donors (Lipinski definition) is 2. The van der Waals surface area contributed by atoms with E-state index in [2.05, 4.69) is 4.72 Å². The van der Waals surface area contributed by atoms with Crippen LogP contribution in [-0.4, -0.2) is 38.0 Å². The largest absolute Gasteiger partial charge is 0.477 e. The summed E-state index contributed by atoms with van der Waals surface area (Å²) in [5.74, 6) is -1.85. The van der Waals surface area contributed by atoms with Crippen LogP contribution in [0.1, 0.15) is 16.1 Å². The first-order chi connectivity index (χ1) is 10.4. The maximum absolute atomic E-state index is 14.0. The highest BCUT2D eigenvalue weighted by molar-refractivity contribution is 7.93. The van der Waals surface area contributed by atoms with Crippen LogP contribution in [-0.2, 0) is 14.8 Å². The average Bonchev–Trinajstić information content (AvgIpc) is 3.07. The lowest BCUT2D eigenvalue weighted by atomic mass is 10.2. The molecule has 2 N–H and O–H groups in total. The van der Waals surface area contributed by atoms with Gasteiger partial charge in [0, 0.05) is 11.3 Å². The summed E-state index contributed by atoms with van der Waals surface area (Å²) in [5, 5.41) is 8.71. The Morgan fingerprint density at radius 3 is 2.82 bits per heavy atom. The van der Waals surface area contributed by atoms with Gasteiger partial charge in [-0.2, -0.15) is 0 Å². The van der Waals surface area contributed by atoms with E-state index in [1.54, 1.807) is 0 Å². The molecule has 0 spiro atoms. The minimum Gasteiger partial charge on any atom is -0.477 e. The van der Waals surface area contributed by atoms with Gasteiger partial charge in [-0.3, -0.25) is 4.72 Å². The smallest absolute Gasteiger partial charge is 0.345 e. The molecule has 3 rings (SSSR count). The summed E-state index contributed by atoms with van der Waals surface area (Å²) < 4.78 is 46.1. The molecule has 22 heavy (non-hydrogen) atoms. The van der Waals surface area contributed by atoms with Gasteiger partial charge in [0.15, 0.2) is 0 Å². The molecule has 2 aromatic rings. The normalized spacial score (nSPS) is 18.7. The molecule has 1 unspecified atom stereocenters. The van der Waals surface area contributed by atoms with E-state index in [-0.39, 0.29) is 17.2 Å². The fourth-order valence-corrected chi connectivity index (χ4v) is 4.46. The highest BCUT2D eigenvalue weighted by Crippen LogP contribution is 2.31. The molecule has 0 aliphatic carbocycles. The summed E-state index contributed by atoms with van der Waals surface area (Å²) in [7, 11) is -3.74. The van der Waals surface area contributed by atoms with Crippen LogP contribution in [0.5, 0.6) is 0 Å². The van der Waals surface area contributed by atoms with Crippen LogP contribution in [0, 0.1) is 5.82 Å². The lowest BCUT2D eigenvalue weighted by molar-refractivity contribution is 0.0702. The lowest BCUT2D eigenvalue weighted by Crippen LogP contribution is -2.28. The number of nitrogens with one attached hydrogen (secondary N) is 1. The molecule has 0 bridgehead atoms. The number of anilines is 1. The van der Waals surface area contributed by atoms with Gasteiger partial charge in [0.1, 0.15) is 15.9 Å². The number of fused-ring (bicyclic) bond motifs is 1. The van der Waals surface area contributed by atoms with E-state index in [0.717, 1.165) is 17.4 Å². The number of halogens is 1. The average molecular weight is 345 g/mol. The van der Waals surface area contributed by atoms with Gasteiger partial charge in [0.25, 0.3) is 0 Å². The molecule has 1 aliphatic heterocycles. The molecule has 1 fully saturated rings. The predicted molar refractivity (Wildman–Crippen MR) is 80.5 cm³/mol. The van der Waals surface area contributed by atoms with Crippen LogP contribution in [0.25, 0.3) is 10.1 Å². The molecule has 2 heterocycles. The highest BCUT2D eigenvalue weighted by Gasteiger charge is 2.30. The first-order valence-electron chi connectivity index (χ1n) is 6.42. The van der Waals surface area contributed by atoms with Gasteiger partial charge >= 0.3 is 5.97 Å². The standard InChI is InChI=1S/C13H12FNO5S2/c14-9-5-11-7(4-12(21-11)13(16)17)3-10(9)15-22(18,19)8-1-2-20-6-8/h3-5,8,15H,1-2,6H2,(H,16,17). The molecule has 1 atom stereocenters. The summed E-state index contributed by atoms with van der Waals surface area (Å²) in [5.41, 5.74) is -0.186. The molecule has 6 nitrogen and oxygen atoms in total. The number of aromatic carboxylic acids is 1. The SMILES string of the molecule is O=C(O)c1cc2cc(NS(=O)(=O)C3CCOC3)c(F)cc2s1. The molecule has 1 aromatic heterocycles. The number of rotatable bonds is 4. The third-order valence-electron chi connectivity index (χ3n) is 3.40. The van der Waals surface area contributed by atoms with Crippen molar-refractivity contribution in [2.45, 2.75) is 11.7 Å². The van der Waals surface area contributed by atoms with Crippen LogP contribution >= 0.6 is 11.3 Å². The minimum atomic E-state index is -3.74. The van der Waals surface area contributed by atoms with Crippen molar-refractivity contribution >= 4 is 43.1 Å². The van der Waals surface area contributed by atoms with Crippen molar-refractivity contribution in [3.63, 3.8) is 0 Å². The fourth-order valence-electron chi connectivity index (χ4n) is 2.24. The maximum Gasteiger partial charge on any atom is 0.345 e. The summed E-state index contributed by atoms with van der Waals surface area (Å²) in [6, 6.07) is 3.83. The third kappa shape index (κ3) is 2.79. The van der Waals surface area contributed by atoms with Gasteiger partial charge < -0.3 is 9.84 Å².